The molecule has 0 aliphatic heterocycles. The van der Waals surface area contributed by atoms with Crippen LogP contribution in [0.5, 0.6) is 0 Å². The average Bonchev–Trinajstić information content (AvgIpc) is 2.96. The van der Waals surface area contributed by atoms with Gasteiger partial charge in [-0.1, -0.05) is 0 Å². The number of nitrogens with one attached hydrogen (secondary N) is 1. The van der Waals surface area contributed by atoms with Gasteiger partial charge < -0.3 is 10.4 Å². The first-order chi connectivity index (χ1) is 6.74. The fraction of sp³-hybridized carbons (Fsp3) is 0.600. The van der Waals surface area contributed by atoms with Crippen molar-refractivity contribution in [2.75, 3.05) is 18.5 Å². The average molecular weight is 193 g/mol. The van der Waals surface area contributed by atoms with E-state index in [-0.39, 0.29) is 12.0 Å². The molecule has 1 aliphatic rings. The van der Waals surface area contributed by atoms with Crippen molar-refractivity contribution in [3.8, 4) is 0 Å². The van der Waals surface area contributed by atoms with Crippen molar-refractivity contribution in [3.05, 3.63) is 18.0 Å². The van der Waals surface area contributed by atoms with Gasteiger partial charge in [0, 0.05) is 23.9 Å². The summed E-state index contributed by atoms with van der Waals surface area (Å²) < 4.78 is 0. The smallest absolute Gasteiger partial charge is 0.222 e. The lowest BCUT2D eigenvalue weighted by Crippen LogP contribution is -2.20. The Morgan fingerprint density at radius 2 is 2.36 bits per heavy atom. The third-order valence-electron chi connectivity index (χ3n) is 2.71. The van der Waals surface area contributed by atoms with Crippen LogP contribution in [0.1, 0.15) is 18.5 Å². The fourth-order valence-electron chi connectivity index (χ4n) is 1.37. The summed E-state index contributed by atoms with van der Waals surface area (Å²) in [5, 5.41) is 12.3. The topological polar surface area (TPSA) is 58.0 Å². The van der Waals surface area contributed by atoms with Crippen molar-refractivity contribution in [2.24, 2.45) is 5.41 Å². The summed E-state index contributed by atoms with van der Waals surface area (Å²) >= 11 is 0. The van der Waals surface area contributed by atoms with Gasteiger partial charge in [0.2, 0.25) is 5.95 Å². The highest BCUT2D eigenvalue weighted by atomic mass is 16.3. The van der Waals surface area contributed by atoms with E-state index in [0.29, 0.717) is 5.95 Å². The van der Waals surface area contributed by atoms with Gasteiger partial charge in [0.1, 0.15) is 0 Å². The predicted octanol–water partition coefficient (Wildman–Crippen LogP) is 0.969. The number of anilines is 1. The third kappa shape index (κ3) is 2.01. The van der Waals surface area contributed by atoms with Crippen molar-refractivity contribution in [1.29, 1.82) is 0 Å². The molecule has 0 atom stereocenters. The zero-order chi connectivity index (χ0) is 10.0. The van der Waals surface area contributed by atoms with Gasteiger partial charge in [-0.2, -0.15) is 0 Å². The van der Waals surface area contributed by atoms with E-state index < -0.39 is 0 Å². The summed E-state index contributed by atoms with van der Waals surface area (Å²) in [5.74, 6) is 0.657. The molecular weight excluding hydrogens is 178 g/mol. The Balaban J connectivity index is 1.92. The van der Waals surface area contributed by atoms with Gasteiger partial charge in [0.05, 0.1) is 6.61 Å². The van der Waals surface area contributed by atoms with Crippen LogP contribution in [0.15, 0.2) is 12.3 Å². The highest BCUT2D eigenvalue weighted by Crippen LogP contribution is 2.44. The number of hydrogen-bond donors (Lipinski definition) is 2. The summed E-state index contributed by atoms with van der Waals surface area (Å²) in [7, 11) is 0. The molecule has 0 unspecified atom stereocenters. The van der Waals surface area contributed by atoms with Gasteiger partial charge in [-0.15, -0.1) is 0 Å². The Kier molecular flexibility index (Phi) is 2.37. The fourth-order valence-corrected chi connectivity index (χ4v) is 1.37. The minimum atomic E-state index is 0.104. The number of rotatable bonds is 4. The van der Waals surface area contributed by atoms with Crippen LogP contribution in [0.3, 0.4) is 0 Å². The highest BCUT2D eigenvalue weighted by molar-refractivity contribution is 5.26. The van der Waals surface area contributed by atoms with E-state index >= 15 is 0 Å². The van der Waals surface area contributed by atoms with E-state index in [9.17, 15) is 0 Å². The largest absolute Gasteiger partial charge is 0.396 e. The van der Waals surface area contributed by atoms with E-state index in [0.717, 1.165) is 25.1 Å². The lowest BCUT2D eigenvalue weighted by atomic mass is 10.1. The van der Waals surface area contributed by atoms with Gasteiger partial charge in [-0.05, 0) is 25.8 Å². The Bertz CT molecular complexity index is 323. The molecule has 0 amide bonds. The quantitative estimate of drug-likeness (QED) is 0.748. The Hall–Kier alpha value is -1.16. The molecule has 1 heterocycles. The minimum absolute atomic E-state index is 0.104. The molecule has 0 radical (unpaired) electrons. The molecular formula is C10H15N3O. The molecule has 76 valence electrons. The molecule has 2 N–H and O–H groups in total. The van der Waals surface area contributed by atoms with E-state index in [2.05, 4.69) is 15.3 Å². The van der Waals surface area contributed by atoms with Crippen molar-refractivity contribution >= 4 is 5.95 Å². The van der Waals surface area contributed by atoms with E-state index in [1.807, 2.05) is 13.0 Å². The number of hydrogen-bond acceptors (Lipinski definition) is 4. The lowest BCUT2D eigenvalue weighted by Gasteiger charge is -2.12. The van der Waals surface area contributed by atoms with Crippen LogP contribution in [0.25, 0.3) is 0 Å². The molecule has 1 aromatic rings. The van der Waals surface area contributed by atoms with Gasteiger partial charge >= 0.3 is 0 Å². The maximum absolute atomic E-state index is 9.11. The Morgan fingerprint density at radius 3 is 2.93 bits per heavy atom. The highest BCUT2D eigenvalue weighted by Gasteiger charge is 2.41. The van der Waals surface area contributed by atoms with Crippen molar-refractivity contribution < 1.29 is 5.11 Å². The van der Waals surface area contributed by atoms with Crippen LogP contribution in [-0.4, -0.2) is 28.2 Å². The maximum Gasteiger partial charge on any atom is 0.222 e. The van der Waals surface area contributed by atoms with E-state index in [1.54, 1.807) is 6.20 Å². The SMILES string of the molecule is Cc1ccnc(NCC2(CO)CC2)n1. The normalized spacial score (nSPS) is 17.9. The van der Waals surface area contributed by atoms with Crippen LogP contribution in [0, 0.1) is 12.3 Å². The summed E-state index contributed by atoms with van der Waals surface area (Å²) in [4.78, 5) is 8.34. The minimum Gasteiger partial charge on any atom is -0.396 e. The number of aliphatic hydroxyl groups is 1. The van der Waals surface area contributed by atoms with Crippen LogP contribution in [0.2, 0.25) is 0 Å². The molecule has 14 heavy (non-hydrogen) atoms. The monoisotopic (exact) mass is 193 g/mol. The van der Waals surface area contributed by atoms with Crippen molar-refractivity contribution in [1.82, 2.24) is 9.97 Å². The molecule has 1 fully saturated rings. The number of aliphatic hydroxyl groups excluding tert-OH is 1. The van der Waals surface area contributed by atoms with E-state index in [4.69, 9.17) is 5.11 Å². The zero-order valence-electron chi connectivity index (χ0n) is 8.32. The third-order valence-corrected chi connectivity index (χ3v) is 2.71. The van der Waals surface area contributed by atoms with Crippen LogP contribution >= 0.6 is 0 Å². The summed E-state index contributed by atoms with van der Waals surface area (Å²) in [6.45, 7) is 2.96. The van der Waals surface area contributed by atoms with Crippen molar-refractivity contribution in [3.63, 3.8) is 0 Å². The van der Waals surface area contributed by atoms with Crippen LogP contribution < -0.4 is 5.32 Å². The number of aryl methyl sites for hydroxylation is 1. The van der Waals surface area contributed by atoms with Crippen LogP contribution in [-0.2, 0) is 0 Å². The maximum atomic E-state index is 9.11. The second kappa shape index (κ2) is 3.53. The Morgan fingerprint density at radius 1 is 1.57 bits per heavy atom. The standard InChI is InChI=1S/C10H15N3O/c1-8-2-5-11-9(13-8)12-6-10(7-14)3-4-10/h2,5,14H,3-4,6-7H2,1H3,(H,11,12,13). The first-order valence-corrected chi connectivity index (χ1v) is 4.89. The van der Waals surface area contributed by atoms with Crippen LogP contribution in [0.4, 0.5) is 5.95 Å². The molecule has 0 saturated heterocycles. The summed E-state index contributed by atoms with van der Waals surface area (Å²) in [6, 6.07) is 1.87. The second-order valence-corrected chi connectivity index (χ2v) is 4.03. The first kappa shape index (κ1) is 9.40. The molecule has 0 spiro atoms. The van der Waals surface area contributed by atoms with Gasteiger partial charge in [-0.25, -0.2) is 9.97 Å². The van der Waals surface area contributed by atoms with Gasteiger partial charge in [-0.3, -0.25) is 0 Å². The first-order valence-electron chi connectivity index (χ1n) is 4.89. The Labute approximate surface area is 83.4 Å². The van der Waals surface area contributed by atoms with Gasteiger partial charge in [0.25, 0.3) is 0 Å². The molecule has 1 aromatic heterocycles. The van der Waals surface area contributed by atoms with Crippen molar-refractivity contribution in [2.45, 2.75) is 19.8 Å². The lowest BCUT2D eigenvalue weighted by molar-refractivity contribution is 0.219. The molecule has 4 nitrogen and oxygen atoms in total. The zero-order valence-corrected chi connectivity index (χ0v) is 8.32. The summed E-state index contributed by atoms with van der Waals surface area (Å²) in [6.07, 6.45) is 3.94. The summed E-state index contributed by atoms with van der Waals surface area (Å²) in [5.41, 5.74) is 1.06. The van der Waals surface area contributed by atoms with Gasteiger partial charge in [0.15, 0.2) is 0 Å². The second-order valence-electron chi connectivity index (χ2n) is 4.03. The molecule has 0 bridgehead atoms. The molecule has 1 aliphatic carbocycles. The van der Waals surface area contributed by atoms with E-state index in [1.165, 1.54) is 0 Å². The molecule has 1 saturated carbocycles. The molecule has 0 aromatic carbocycles. The molecule has 2 rings (SSSR count). The predicted molar refractivity (Wildman–Crippen MR) is 54.0 cm³/mol. The number of aromatic nitrogens is 2. The number of nitrogens with zero attached hydrogens (tertiary/aromatic N) is 2. The molecule has 4 heteroatoms.